The van der Waals surface area contributed by atoms with E-state index >= 15 is 0 Å². The number of allylic oxidation sites excluding steroid dienone is 1. The minimum Gasteiger partial charge on any atom is -0.351 e. The number of nitrogens with zero attached hydrogens (tertiary/aromatic N) is 1. The maximum absolute atomic E-state index is 12.1. The molecular formula is C21H30N2O. The number of hydrogen-bond acceptors (Lipinski definition) is 2. The first kappa shape index (κ1) is 17.2. The third-order valence-electron chi connectivity index (χ3n) is 5.67. The predicted octanol–water partition coefficient (Wildman–Crippen LogP) is 3.60. The minimum atomic E-state index is 0.0598. The van der Waals surface area contributed by atoms with Crippen molar-refractivity contribution in [1.82, 2.24) is 10.2 Å². The summed E-state index contributed by atoms with van der Waals surface area (Å²) in [6.07, 6.45) is 11.4. The summed E-state index contributed by atoms with van der Waals surface area (Å²) in [4.78, 5) is 14.5. The zero-order valence-corrected chi connectivity index (χ0v) is 15.1. The number of carbonyl (C=O) groups excluding carboxylic acids is 1. The summed E-state index contributed by atoms with van der Waals surface area (Å²) >= 11 is 0. The highest BCUT2D eigenvalue weighted by atomic mass is 16.1. The molecule has 1 fully saturated rings. The van der Waals surface area contributed by atoms with E-state index in [0.717, 1.165) is 19.5 Å². The van der Waals surface area contributed by atoms with Gasteiger partial charge in [0.05, 0.1) is 0 Å². The van der Waals surface area contributed by atoms with Gasteiger partial charge in [-0.15, -0.1) is 0 Å². The maximum atomic E-state index is 12.1. The molecule has 0 aromatic heterocycles. The van der Waals surface area contributed by atoms with E-state index in [1.165, 1.54) is 48.8 Å². The Bertz CT molecular complexity index is 602. The van der Waals surface area contributed by atoms with Crippen molar-refractivity contribution >= 4 is 5.91 Å². The van der Waals surface area contributed by atoms with Gasteiger partial charge in [0.2, 0.25) is 5.91 Å². The fourth-order valence-electron chi connectivity index (χ4n) is 4.05. The third kappa shape index (κ3) is 4.27. The van der Waals surface area contributed by atoms with Crippen molar-refractivity contribution < 1.29 is 4.79 Å². The first-order valence-electron chi connectivity index (χ1n) is 9.37. The lowest BCUT2D eigenvalue weighted by Crippen LogP contribution is -2.45. The Kier molecular flexibility index (Phi) is 5.72. The number of hydrogen-bond donors (Lipinski definition) is 1. The van der Waals surface area contributed by atoms with Gasteiger partial charge < -0.3 is 5.32 Å². The van der Waals surface area contributed by atoms with Crippen LogP contribution in [0.5, 0.6) is 0 Å². The first-order chi connectivity index (χ1) is 11.6. The first-order valence-corrected chi connectivity index (χ1v) is 9.37. The van der Waals surface area contributed by atoms with Gasteiger partial charge in [-0.2, -0.15) is 0 Å². The van der Waals surface area contributed by atoms with Gasteiger partial charge in [0.25, 0.3) is 0 Å². The van der Waals surface area contributed by atoms with Crippen LogP contribution in [-0.4, -0.2) is 30.4 Å². The summed E-state index contributed by atoms with van der Waals surface area (Å²) in [5, 5.41) is 3.11. The normalized spacial score (nSPS) is 22.5. The molecule has 1 heterocycles. The van der Waals surface area contributed by atoms with Crippen molar-refractivity contribution in [2.45, 2.75) is 58.0 Å². The number of carbonyl (C=O) groups is 1. The lowest BCUT2D eigenvalue weighted by Gasteiger charge is -2.35. The average molecular weight is 326 g/mol. The van der Waals surface area contributed by atoms with Crippen LogP contribution in [0.4, 0.5) is 0 Å². The molecule has 1 N–H and O–H groups in total. The van der Waals surface area contributed by atoms with E-state index in [9.17, 15) is 4.79 Å². The molecule has 0 radical (unpaired) electrons. The van der Waals surface area contributed by atoms with Crippen LogP contribution in [0.3, 0.4) is 0 Å². The summed E-state index contributed by atoms with van der Waals surface area (Å²) < 4.78 is 0. The van der Waals surface area contributed by atoms with Crippen molar-refractivity contribution in [2.24, 2.45) is 5.92 Å². The van der Waals surface area contributed by atoms with E-state index in [1.807, 2.05) is 0 Å². The number of fused-ring (bicyclic) bond motifs is 1. The Hall–Kier alpha value is -1.61. The molecule has 3 heteroatoms. The molecule has 1 aromatic carbocycles. The molecule has 0 spiro atoms. The fraction of sp³-hybridized carbons (Fsp3) is 0.571. The highest BCUT2D eigenvalue weighted by Gasteiger charge is 2.24. The molecule has 0 bridgehead atoms. The second-order valence-corrected chi connectivity index (χ2v) is 7.49. The average Bonchev–Trinajstić information content (AvgIpc) is 2.59. The minimum absolute atomic E-state index is 0.0598. The summed E-state index contributed by atoms with van der Waals surface area (Å²) in [5.41, 5.74) is 4.26. The van der Waals surface area contributed by atoms with Gasteiger partial charge in [-0.25, -0.2) is 0 Å². The number of aryl methyl sites for hydroxylation is 1. The second-order valence-electron chi connectivity index (χ2n) is 7.49. The smallest absolute Gasteiger partial charge is 0.243 e. The van der Waals surface area contributed by atoms with E-state index < -0.39 is 0 Å². The van der Waals surface area contributed by atoms with Crippen molar-refractivity contribution in [1.29, 1.82) is 0 Å². The van der Waals surface area contributed by atoms with Crippen LogP contribution < -0.4 is 5.32 Å². The number of amides is 1. The SMILES string of the molecule is Cc1cccc2c1CC(CNC(=O)C=CC1CCCCC1)N(C)C2. The molecule has 3 rings (SSSR count). The molecule has 1 saturated carbocycles. The highest BCUT2D eigenvalue weighted by Crippen LogP contribution is 2.25. The Morgan fingerprint density at radius 3 is 2.88 bits per heavy atom. The monoisotopic (exact) mass is 326 g/mol. The Balaban J connectivity index is 1.52. The standard InChI is InChI=1S/C21H30N2O/c1-16-7-6-10-18-15-23(2)19(13-20(16)18)14-22-21(24)12-11-17-8-4-3-5-9-17/h6-7,10-12,17,19H,3-5,8-9,13-15H2,1-2H3,(H,22,24). The summed E-state index contributed by atoms with van der Waals surface area (Å²) in [7, 11) is 2.15. The molecule has 1 aliphatic carbocycles. The van der Waals surface area contributed by atoms with Gasteiger partial charge in [-0.05, 0) is 61.9 Å². The molecular weight excluding hydrogens is 296 g/mol. The molecule has 1 aromatic rings. The van der Waals surface area contributed by atoms with Gasteiger partial charge >= 0.3 is 0 Å². The van der Waals surface area contributed by atoms with Crippen LogP contribution in [0.2, 0.25) is 0 Å². The summed E-state index contributed by atoms with van der Waals surface area (Å²) in [5.74, 6) is 0.668. The number of likely N-dealkylation sites (N-methyl/N-ethyl adjacent to an activating group) is 1. The van der Waals surface area contributed by atoms with Gasteiger partial charge in [-0.1, -0.05) is 43.5 Å². The van der Waals surface area contributed by atoms with Crippen LogP contribution in [0.15, 0.2) is 30.4 Å². The number of rotatable bonds is 4. The fourth-order valence-corrected chi connectivity index (χ4v) is 4.05. The van der Waals surface area contributed by atoms with E-state index in [0.29, 0.717) is 12.0 Å². The van der Waals surface area contributed by atoms with E-state index in [1.54, 1.807) is 6.08 Å². The van der Waals surface area contributed by atoms with E-state index in [4.69, 9.17) is 0 Å². The van der Waals surface area contributed by atoms with Gasteiger partial charge in [0.1, 0.15) is 0 Å². The molecule has 24 heavy (non-hydrogen) atoms. The molecule has 1 atom stereocenters. The van der Waals surface area contributed by atoms with Crippen LogP contribution in [0, 0.1) is 12.8 Å². The second kappa shape index (κ2) is 7.98. The Labute approximate surface area is 146 Å². The lowest BCUT2D eigenvalue weighted by molar-refractivity contribution is -0.116. The predicted molar refractivity (Wildman–Crippen MR) is 98.9 cm³/mol. The van der Waals surface area contributed by atoms with Gasteiger partial charge in [0.15, 0.2) is 0 Å². The topological polar surface area (TPSA) is 32.3 Å². The van der Waals surface area contributed by atoms with E-state index in [-0.39, 0.29) is 5.91 Å². The Morgan fingerprint density at radius 2 is 2.08 bits per heavy atom. The van der Waals surface area contributed by atoms with Crippen LogP contribution >= 0.6 is 0 Å². The molecule has 1 unspecified atom stereocenters. The molecule has 1 aliphatic heterocycles. The zero-order valence-electron chi connectivity index (χ0n) is 15.1. The molecule has 130 valence electrons. The van der Waals surface area contributed by atoms with Crippen molar-refractivity contribution in [3.05, 3.63) is 47.0 Å². The van der Waals surface area contributed by atoms with Gasteiger partial charge in [0, 0.05) is 19.1 Å². The highest BCUT2D eigenvalue weighted by molar-refractivity contribution is 5.87. The van der Waals surface area contributed by atoms with E-state index in [2.05, 4.69) is 48.5 Å². The third-order valence-corrected chi connectivity index (χ3v) is 5.67. The molecule has 1 amide bonds. The van der Waals surface area contributed by atoms with Crippen molar-refractivity contribution in [2.75, 3.05) is 13.6 Å². The summed E-state index contributed by atoms with van der Waals surface area (Å²) in [6.45, 7) is 3.88. The quantitative estimate of drug-likeness (QED) is 0.857. The maximum Gasteiger partial charge on any atom is 0.243 e. The lowest BCUT2D eigenvalue weighted by atomic mass is 9.89. The van der Waals surface area contributed by atoms with Crippen molar-refractivity contribution in [3.8, 4) is 0 Å². The van der Waals surface area contributed by atoms with Crippen LogP contribution in [0.1, 0.15) is 48.8 Å². The zero-order chi connectivity index (χ0) is 16.9. The largest absolute Gasteiger partial charge is 0.351 e. The number of benzene rings is 1. The van der Waals surface area contributed by atoms with Gasteiger partial charge in [-0.3, -0.25) is 9.69 Å². The summed E-state index contributed by atoms with van der Waals surface area (Å²) in [6, 6.07) is 6.93. The molecule has 2 aliphatic rings. The number of nitrogens with one attached hydrogen (secondary N) is 1. The van der Waals surface area contributed by atoms with Crippen LogP contribution in [0.25, 0.3) is 0 Å². The molecule has 0 saturated heterocycles. The van der Waals surface area contributed by atoms with Crippen LogP contribution in [-0.2, 0) is 17.8 Å². The molecule has 3 nitrogen and oxygen atoms in total. The van der Waals surface area contributed by atoms with Crippen molar-refractivity contribution in [3.63, 3.8) is 0 Å². The Morgan fingerprint density at radius 1 is 1.29 bits per heavy atom.